The maximum absolute atomic E-state index is 11.8. The van der Waals surface area contributed by atoms with Gasteiger partial charge in [-0.25, -0.2) is 4.68 Å². The van der Waals surface area contributed by atoms with Crippen LogP contribution in [0, 0.1) is 11.3 Å². The molecule has 0 radical (unpaired) electrons. The molecule has 3 aromatic rings. The van der Waals surface area contributed by atoms with Crippen molar-refractivity contribution in [3.63, 3.8) is 0 Å². The molecule has 0 saturated heterocycles. The van der Waals surface area contributed by atoms with Gasteiger partial charge in [-0.2, -0.15) is 10.4 Å². The van der Waals surface area contributed by atoms with Crippen LogP contribution >= 0.6 is 0 Å². The Balaban J connectivity index is 2.06. The van der Waals surface area contributed by atoms with Crippen LogP contribution in [0.4, 0.5) is 0 Å². The molecular weight excluding hydrogens is 318 g/mol. The van der Waals surface area contributed by atoms with Crippen molar-refractivity contribution in [2.75, 3.05) is 7.11 Å². The Morgan fingerprint density at radius 2 is 1.80 bits per heavy atom. The molecule has 3 rings (SSSR count). The van der Waals surface area contributed by atoms with Gasteiger partial charge in [0.15, 0.2) is 5.75 Å². The Labute approximate surface area is 144 Å². The van der Waals surface area contributed by atoms with Gasteiger partial charge >= 0.3 is 0 Å². The van der Waals surface area contributed by atoms with Crippen molar-refractivity contribution < 1.29 is 9.47 Å². The first kappa shape index (κ1) is 16.3. The number of aromatic nitrogens is 2. The lowest BCUT2D eigenvalue weighted by atomic mass is 10.1. The summed E-state index contributed by atoms with van der Waals surface area (Å²) in [5.41, 5.74) is 1.50. The van der Waals surface area contributed by atoms with E-state index < -0.39 is 0 Å². The third-order valence-electron chi connectivity index (χ3n) is 3.63. The molecule has 1 heterocycles. The molecule has 0 N–H and O–H groups in total. The highest BCUT2D eigenvalue weighted by atomic mass is 16.5. The summed E-state index contributed by atoms with van der Waals surface area (Å²) in [6.45, 7) is 0. The van der Waals surface area contributed by atoms with Crippen LogP contribution in [-0.2, 0) is 7.05 Å². The zero-order valence-corrected chi connectivity index (χ0v) is 13.8. The summed E-state index contributed by atoms with van der Waals surface area (Å²) in [6, 6.07) is 17.6. The van der Waals surface area contributed by atoms with Crippen LogP contribution in [0.1, 0.15) is 5.56 Å². The number of methoxy groups -OCH3 is 1. The van der Waals surface area contributed by atoms with Gasteiger partial charge in [-0.1, -0.05) is 12.1 Å². The van der Waals surface area contributed by atoms with Gasteiger partial charge in [0.1, 0.15) is 17.2 Å². The van der Waals surface area contributed by atoms with E-state index in [1.54, 1.807) is 37.4 Å². The smallest absolute Gasteiger partial charge is 0.270 e. The molecule has 25 heavy (non-hydrogen) atoms. The Bertz CT molecular complexity index is 1000. The van der Waals surface area contributed by atoms with E-state index in [9.17, 15) is 4.79 Å². The lowest BCUT2D eigenvalue weighted by Gasteiger charge is -2.13. The average molecular weight is 333 g/mol. The summed E-state index contributed by atoms with van der Waals surface area (Å²) in [5.74, 6) is 1.53. The van der Waals surface area contributed by atoms with E-state index in [4.69, 9.17) is 14.7 Å². The number of para-hydroxylation sites is 1. The van der Waals surface area contributed by atoms with Crippen molar-refractivity contribution in [1.82, 2.24) is 9.78 Å². The highest BCUT2D eigenvalue weighted by Crippen LogP contribution is 2.36. The molecule has 0 aliphatic rings. The van der Waals surface area contributed by atoms with Gasteiger partial charge in [-0.15, -0.1) is 0 Å². The maximum Gasteiger partial charge on any atom is 0.270 e. The second-order valence-corrected chi connectivity index (χ2v) is 5.26. The number of hydrogen-bond acceptors (Lipinski definition) is 5. The number of hydrogen-bond donors (Lipinski definition) is 0. The third-order valence-corrected chi connectivity index (χ3v) is 3.63. The zero-order chi connectivity index (χ0) is 17.8. The Hall–Kier alpha value is -3.59. The molecule has 0 atom stereocenters. The van der Waals surface area contributed by atoms with Crippen LogP contribution in [0.15, 0.2) is 59.4 Å². The van der Waals surface area contributed by atoms with Crippen LogP contribution < -0.4 is 15.0 Å². The molecule has 0 aliphatic heterocycles. The summed E-state index contributed by atoms with van der Waals surface area (Å²) in [4.78, 5) is 11.8. The fraction of sp³-hybridized carbons (Fsp3) is 0.105. The van der Waals surface area contributed by atoms with Crippen LogP contribution in [0.2, 0.25) is 0 Å². The van der Waals surface area contributed by atoms with Crippen molar-refractivity contribution in [3.8, 4) is 34.6 Å². The topological polar surface area (TPSA) is 77.1 Å². The molecule has 0 fully saturated rings. The molecule has 2 aromatic carbocycles. The first-order valence-electron chi connectivity index (χ1n) is 7.52. The summed E-state index contributed by atoms with van der Waals surface area (Å²) in [5, 5.41) is 13.2. The number of aryl methyl sites for hydroxylation is 1. The SMILES string of the molecule is COc1cc(=O)n(C)nc1-c1ccccc1Oc1ccc(C#N)cc1. The van der Waals surface area contributed by atoms with Gasteiger partial charge < -0.3 is 9.47 Å². The fourth-order valence-electron chi connectivity index (χ4n) is 2.34. The maximum atomic E-state index is 11.8. The van der Waals surface area contributed by atoms with Crippen LogP contribution in [-0.4, -0.2) is 16.9 Å². The predicted molar refractivity (Wildman–Crippen MR) is 92.7 cm³/mol. The summed E-state index contributed by atoms with van der Waals surface area (Å²) in [6.07, 6.45) is 0. The number of nitrogens with zero attached hydrogens (tertiary/aromatic N) is 3. The fourth-order valence-corrected chi connectivity index (χ4v) is 2.34. The minimum atomic E-state index is -0.258. The van der Waals surface area contributed by atoms with E-state index in [-0.39, 0.29) is 5.56 Å². The Morgan fingerprint density at radius 3 is 2.48 bits per heavy atom. The monoisotopic (exact) mass is 333 g/mol. The van der Waals surface area contributed by atoms with Gasteiger partial charge in [-0.3, -0.25) is 4.79 Å². The molecule has 1 aromatic heterocycles. The highest BCUT2D eigenvalue weighted by Gasteiger charge is 2.15. The minimum Gasteiger partial charge on any atom is -0.494 e. The van der Waals surface area contributed by atoms with Gasteiger partial charge in [-0.05, 0) is 36.4 Å². The van der Waals surface area contributed by atoms with Gasteiger partial charge in [0.25, 0.3) is 5.56 Å². The zero-order valence-electron chi connectivity index (χ0n) is 13.8. The summed E-state index contributed by atoms with van der Waals surface area (Å²) in [7, 11) is 3.07. The standard InChI is InChI=1S/C19H15N3O3/c1-22-18(23)11-17(24-2)19(21-22)15-5-3-4-6-16(15)25-14-9-7-13(12-20)8-10-14/h3-11H,1-2H3. The number of nitriles is 1. The Morgan fingerprint density at radius 1 is 1.08 bits per heavy atom. The molecule has 124 valence electrons. The van der Waals surface area contributed by atoms with Crippen LogP contribution in [0.5, 0.6) is 17.2 Å². The molecule has 0 amide bonds. The van der Waals surface area contributed by atoms with Crippen molar-refractivity contribution in [2.45, 2.75) is 0 Å². The van der Waals surface area contributed by atoms with E-state index in [1.807, 2.05) is 18.2 Å². The molecule has 0 saturated carbocycles. The lowest BCUT2D eigenvalue weighted by molar-refractivity contribution is 0.409. The van der Waals surface area contributed by atoms with Gasteiger partial charge in [0, 0.05) is 18.7 Å². The second-order valence-electron chi connectivity index (χ2n) is 5.26. The largest absolute Gasteiger partial charge is 0.494 e. The molecule has 0 spiro atoms. The quantitative estimate of drug-likeness (QED) is 0.733. The van der Waals surface area contributed by atoms with Crippen molar-refractivity contribution >= 4 is 0 Å². The highest BCUT2D eigenvalue weighted by molar-refractivity contribution is 5.72. The van der Waals surface area contributed by atoms with Crippen LogP contribution in [0.25, 0.3) is 11.3 Å². The van der Waals surface area contributed by atoms with Crippen molar-refractivity contribution in [3.05, 3.63) is 70.5 Å². The number of benzene rings is 2. The van der Waals surface area contributed by atoms with E-state index >= 15 is 0 Å². The minimum absolute atomic E-state index is 0.258. The normalized spacial score (nSPS) is 10.1. The first-order chi connectivity index (χ1) is 12.1. The van der Waals surface area contributed by atoms with E-state index in [2.05, 4.69) is 11.2 Å². The summed E-state index contributed by atoms with van der Waals surface area (Å²) >= 11 is 0. The van der Waals surface area contributed by atoms with Crippen molar-refractivity contribution in [2.24, 2.45) is 7.05 Å². The second kappa shape index (κ2) is 6.89. The lowest BCUT2D eigenvalue weighted by Crippen LogP contribution is -2.19. The molecule has 0 aliphatic carbocycles. The predicted octanol–water partition coefficient (Wildman–Crippen LogP) is 3.12. The number of ether oxygens (including phenoxy) is 2. The van der Waals surface area contributed by atoms with E-state index in [1.165, 1.54) is 17.9 Å². The van der Waals surface area contributed by atoms with E-state index in [0.29, 0.717) is 34.1 Å². The third kappa shape index (κ3) is 3.35. The molecular formula is C19H15N3O3. The Kier molecular flexibility index (Phi) is 4.48. The average Bonchev–Trinajstić information content (AvgIpc) is 2.65. The number of rotatable bonds is 4. The summed E-state index contributed by atoms with van der Waals surface area (Å²) < 4.78 is 12.5. The molecule has 0 bridgehead atoms. The van der Waals surface area contributed by atoms with Crippen molar-refractivity contribution in [1.29, 1.82) is 5.26 Å². The molecule has 6 heteroatoms. The molecule has 6 nitrogen and oxygen atoms in total. The molecule has 0 unspecified atom stereocenters. The van der Waals surface area contributed by atoms with Gasteiger partial charge in [0.2, 0.25) is 0 Å². The first-order valence-corrected chi connectivity index (χ1v) is 7.52. The van der Waals surface area contributed by atoms with E-state index in [0.717, 1.165) is 0 Å². The van der Waals surface area contributed by atoms with Gasteiger partial charge in [0.05, 0.1) is 18.7 Å². The van der Waals surface area contributed by atoms with Crippen LogP contribution in [0.3, 0.4) is 0 Å².